The van der Waals surface area contributed by atoms with E-state index in [-0.39, 0.29) is 49.6 Å². The summed E-state index contributed by atoms with van der Waals surface area (Å²) in [5, 5.41) is 0. The fraction of sp³-hybridized carbons (Fsp3) is 1.00. The van der Waals surface area contributed by atoms with Gasteiger partial charge in [-0.25, -0.2) is 0 Å². The zero-order valence-corrected chi connectivity index (χ0v) is 7.11. The van der Waals surface area contributed by atoms with Crippen molar-refractivity contribution in [1.29, 1.82) is 0 Å². The van der Waals surface area contributed by atoms with E-state index >= 15 is 0 Å². The topological polar surface area (TPSA) is 0 Å². The average Bonchev–Trinajstić information content (AvgIpc) is 1.85. The van der Waals surface area contributed by atoms with Crippen molar-refractivity contribution in [3.63, 3.8) is 0 Å². The van der Waals surface area contributed by atoms with Gasteiger partial charge in [-0.15, -0.1) is 49.6 Å². The van der Waals surface area contributed by atoms with Gasteiger partial charge < -0.3 is 0 Å². The summed E-state index contributed by atoms with van der Waals surface area (Å²) in [6.45, 7) is -3.93. The van der Waals surface area contributed by atoms with E-state index in [1.54, 1.807) is 0 Å². The molecule has 0 N–H and O–H groups in total. The summed E-state index contributed by atoms with van der Waals surface area (Å²) in [6.07, 6.45) is -5.61. The molecule has 58 valence electrons. The minimum absolute atomic E-state index is 0. The molecule has 0 atom stereocenters. The standard InChI is InChI=1S/C4H10.4ClH/c1-3-4-2;;;;/h3-4H2,1-2H3;4*1H/i1D,2D3,3D2,4D2;;;;. The van der Waals surface area contributed by atoms with Crippen LogP contribution in [0.5, 0.6) is 0 Å². The molecule has 0 spiro atoms. The zero-order valence-electron chi connectivity index (χ0n) is 11.8. The first-order chi connectivity index (χ1) is 5.06. The van der Waals surface area contributed by atoms with Crippen LogP contribution >= 0.6 is 49.6 Å². The molecule has 0 radical (unpaired) electrons. The quantitative estimate of drug-likeness (QED) is 0.623. The van der Waals surface area contributed by atoms with Gasteiger partial charge in [-0.1, -0.05) is 26.5 Å². The Hall–Kier alpha value is 1.16. The first-order valence-corrected chi connectivity index (χ1v) is 0.854. The van der Waals surface area contributed by atoms with Crippen LogP contribution in [0.25, 0.3) is 0 Å². The Labute approximate surface area is 87.7 Å². The molecule has 0 amide bonds. The minimum atomic E-state index is -3.03. The Morgan fingerprint density at radius 3 is 1.75 bits per heavy atom. The predicted octanol–water partition coefficient (Wildman–Crippen LogP) is 3.49. The molecule has 0 aliphatic carbocycles. The third-order valence-corrected chi connectivity index (χ3v) is 0.0884. The van der Waals surface area contributed by atoms with Gasteiger partial charge in [0.25, 0.3) is 0 Å². The molecule has 0 bridgehead atoms. The first-order valence-electron chi connectivity index (χ1n) is 5.06. The van der Waals surface area contributed by atoms with E-state index in [1.807, 2.05) is 0 Å². The van der Waals surface area contributed by atoms with Crippen molar-refractivity contribution in [2.24, 2.45) is 0 Å². The lowest BCUT2D eigenvalue weighted by molar-refractivity contribution is 0.886. The van der Waals surface area contributed by atoms with Crippen LogP contribution in [-0.4, -0.2) is 0 Å². The number of hydrogen-bond donors (Lipinski definition) is 0. The van der Waals surface area contributed by atoms with Crippen molar-refractivity contribution < 1.29 is 11.0 Å². The predicted molar refractivity (Wildman–Crippen MR) is 49.6 cm³/mol. The highest BCUT2D eigenvalue weighted by Gasteiger charge is 1.56. The number of hydrogen-bond acceptors (Lipinski definition) is 0. The maximum Gasteiger partial charge on any atom is 0.0264 e. The monoisotopic (exact) mass is 210 g/mol. The van der Waals surface area contributed by atoms with Gasteiger partial charge in [0.05, 0.1) is 0 Å². The van der Waals surface area contributed by atoms with Crippen molar-refractivity contribution in [2.45, 2.75) is 26.5 Å². The van der Waals surface area contributed by atoms with E-state index in [4.69, 9.17) is 11.0 Å². The van der Waals surface area contributed by atoms with E-state index in [0.717, 1.165) is 0 Å². The summed E-state index contributed by atoms with van der Waals surface area (Å²) < 4.78 is 54.8. The van der Waals surface area contributed by atoms with Crippen LogP contribution < -0.4 is 0 Å². The summed E-state index contributed by atoms with van der Waals surface area (Å²) in [4.78, 5) is 0. The van der Waals surface area contributed by atoms with Gasteiger partial charge in [0.15, 0.2) is 0 Å². The summed E-state index contributed by atoms with van der Waals surface area (Å²) in [6, 6.07) is 0. The van der Waals surface area contributed by atoms with Gasteiger partial charge in [-0.05, 0) is 0 Å². The smallest absolute Gasteiger partial charge is 0.0264 e. The van der Waals surface area contributed by atoms with E-state index in [9.17, 15) is 0 Å². The Morgan fingerprint density at radius 1 is 1.12 bits per heavy atom. The molecule has 0 saturated heterocycles. The molecular weight excluding hydrogens is 190 g/mol. The summed E-state index contributed by atoms with van der Waals surface area (Å²) in [7, 11) is 0. The molecule has 0 nitrogen and oxygen atoms in total. The molecular formula is C4H14Cl4. The zero-order chi connectivity index (χ0) is 10.2. The molecule has 4 heteroatoms. The van der Waals surface area contributed by atoms with Crippen LogP contribution in [0.3, 0.4) is 0 Å². The normalized spacial score (nSPS) is 23.5. The SMILES string of the molecule is Cl.Cl.Cl.Cl.[2H]CC([2H])([2H])C([2H])([2H])C([2H])([2H])[2H]. The lowest BCUT2D eigenvalue weighted by atomic mass is 10.4. The van der Waals surface area contributed by atoms with Crippen LogP contribution in [0.2, 0.25) is 0 Å². The largest absolute Gasteiger partial charge is 0.147 e. The maximum absolute atomic E-state index is 6.99. The van der Waals surface area contributed by atoms with Crippen molar-refractivity contribution in [3.8, 4) is 0 Å². The molecule has 0 fully saturated rings. The molecule has 0 saturated carbocycles. The Kier molecular flexibility index (Phi) is 21.6. The van der Waals surface area contributed by atoms with E-state index in [0.29, 0.717) is 0 Å². The lowest BCUT2D eigenvalue weighted by Crippen LogP contribution is -1.47. The number of rotatable bonds is 1. The Bertz CT molecular complexity index is 168. The highest BCUT2D eigenvalue weighted by molar-refractivity contribution is 5.86. The average molecular weight is 212 g/mol. The molecule has 0 aliphatic heterocycles. The van der Waals surface area contributed by atoms with Crippen molar-refractivity contribution in [3.05, 3.63) is 0 Å². The van der Waals surface area contributed by atoms with Crippen molar-refractivity contribution in [1.82, 2.24) is 0 Å². The Morgan fingerprint density at radius 2 is 1.62 bits per heavy atom. The summed E-state index contributed by atoms with van der Waals surface area (Å²) in [5.41, 5.74) is 0. The fourth-order valence-corrected chi connectivity index (χ4v) is 0. The van der Waals surface area contributed by atoms with Gasteiger partial charge >= 0.3 is 0 Å². The molecule has 0 aromatic rings. The summed E-state index contributed by atoms with van der Waals surface area (Å²) in [5.74, 6) is 0. The van der Waals surface area contributed by atoms with Gasteiger partial charge in [-0.2, -0.15) is 0 Å². The van der Waals surface area contributed by atoms with Crippen LogP contribution in [0.1, 0.15) is 37.5 Å². The van der Waals surface area contributed by atoms with Gasteiger partial charge in [0, 0.05) is 11.0 Å². The van der Waals surface area contributed by atoms with Crippen LogP contribution in [0, 0.1) is 0 Å². The molecule has 0 aromatic carbocycles. The van der Waals surface area contributed by atoms with E-state index < -0.39 is 26.5 Å². The third-order valence-electron chi connectivity index (χ3n) is 0.0884. The van der Waals surface area contributed by atoms with E-state index in [1.165, 1.54) is 0 Å². The fourth-order valence-electron chi connectivity index (χ4n) is 0. The van der Waals surface area contributed by atoms with Gasteiger partial charge in [0.1, 0.15) is 0 Å². The van der Waals surface area contributed by atoms with Crippen LogP contribution in [0.15, 0.2) is 0 Å². The maximum atomic E-state index is 6.99. The minimum Gasteiger partial charge on any atom is -0.147 e. The van der Waals surface area contributed by atoms with Crippen LogP contribution in [-0.2, 0) is 0 Å². The second-order valence-electron chi connectivity index (χ2n) is 0.302. The second-order valence-corrected chi connectivity index (χ2v) is 0.302. The molecule has 0 unspecified atom stereocenters. The van der Waals surface area contributed by atoms with Crippen LogP contribution in [0.4, 0.5) is 0 Å². The highest BCUT2D eigenvalue weighted by atomic mass is 35.5. The number of halogens is 4. The van der Waals surface area contributed by atoms with Crippen molar-refractivity contribution >= 4 is 49.6 Å². The van der Waals surface area contributed by atoms with Gasteiger partial charge in [0.2, 0.25) is 0 Å². The summed E-state index contributed by atoms with van der Waals surface area (Å²) >= 11 is 0. The molecule has 0 rings (SSSR count). The lowest BCUT2D eigenvalue weighted by Gasteiger charge is -1.68. The molecule has 8 heavy (non-hydrogen) atoms. The first kappa shape index (κ1) is 4.12. The second kappa shape index (κ2) is 41.9. The molecule has 0 aliphatic rings. The molecule has 0 aromatic heterocycles. The molecule has 0 heterocycles. The van der Waals surface area contributed by atoms with Gasteiger partial charge in [-0.3, -0.25) is 0 Å². The Balaban J connectivity index is -0.000000101. The third kappa shape index (κ3) is 58.2. The van der Waals surface area contributed by atoms with E-state index in [2.05, 4.69) is 0 Å². The van der Waals surface area contributed by atoms with Crippen molar-refractivity contribution in [2.75, 3.05) is 0 Å². The highest BCUT2D eigenvalue weighted by Crippen LogP contribution is 1.76.